The number of hydrogen-bond donors (Lipinski definition) is 1. The lowest BCUT2D eigenvalue weighted by Crippen LogP contribution is -2.24. The van der Waals surface area contributed by atoms with E-state index in [9.17, 15) is 8.78 Å². The molecule has 1 N–H and O–H groups in total. The molecule has 3 heterocycles. The van der Waals surface area contributed by atoms with Crippen molar-refractivity contribution in [3.63, 3.8) is 0 Å². The molecule has 0 bridgehead atoms. The van der Waals surface area contributed by atoms with Crippen LogP contribution in [-0.4, -0.2) is 34.7 Å². The topological polar surface area (TPSA) is 45.5 Å². The summed E-state index contributed by atoms with van der Waals surface area (Å²) in [4.78, 5) is 6.98. The molecule has 4 rings (SSSR count). The Morgan fingerprint density at radius 1 is 1.23 bits per heavy atom. The second kappa shape index (κ2) is 9.73. The van der Waals surface area contributed by atoms with E-state index < -0.39 is 5.82 Å². The monoisotopic (exact) mass is 427 g/mol. The Labute approximate surface area is 182 Å². The van der Waals surface area contributed by atoms with Gasteiger partial charge in [0, 0.05) is 23.9 Å². The first kappa shape index (κ1) is 21.7. The molecule has 1 saturated heterocycles. The molecule has 0 radical (unpaired) electrons. The molecule has 0 amide bonds. The van der Waals surface area contributed by atoms with Crippen molar-refractivity contribution in [2.75, 3.05) is 25.0 Å². The molecule has 1 unspecified atom stereocenters. The van der Waals surface area contributed by atoms with Crippen molar-refractivity contribution >= 4 is 11.5 Å². The number of aromatic nitrogens is 3. The van der Waals surface area contributed by atoms with Crippen LogP contribution >= 0.6 is 0 Å². The summed E-state index contributed by atoms with van der Waals surface area (Å²) in [7, 11) is 1.99. The average molecular weight is 428 g/mol. The van der Waals surface area contributed by atoms with Crippen LogP contribution in [0, 0.1) is 17.6 Å². The highest BCUT2D eigenvalue weighted by atomic mass is 19.1. The van der Waals surface area contributed by atoms with Crippen LogP contribution in [0.25, 0.3) is 5.65 Å². The predicted octanol–water partition coefficient (Wildman–Crippen LogP) is 4.92. The van der Waals surface area contributed by atoms with Gasteiger partial charge < -0.3 is 10.2 Å². The number of nitrogens with zero attached hydrogens (tertiary/aromatic N) is 4. The minimum absolute atomic E-state index is 0.204. The van der Waals surface area contributed by atoms with Gasteiger partial charge in [-0.15, -0.1) is 0 Å². The van der Waals surface area contributed by atoms with Gasteiger partial charge in [0.25, 0.3) is 0 Å². The summed E-state index contributed by atoms with van der Waals surface area (Å²) < 4.78 is 30.0. The van der Waals surface area contributed by atoms with Gasteiger partial charge in [-0.2, -0.15) is 5.10 Å². The number of anilines is 1. The number of aryl methyl sites for hydroxylation is 1. The zero-order chi connectivity index (χ0) is 21.8. The minimum Gasteiger partial charge on any atom is -0.349 e. The van der Waals surface area contributed by atoms with E-state index in [1.165, 1.54) is 31.0 Å². The highest BCUT2D eigenvalue weighted by molar-refractivity contribution is 5.54. The molecule has 2 atom stereocenters. The molecule has 1 aliphatic rings. The Balaban J connectivity index is 1.52. The molecular formula is C24H31F2N5. The van der Waals surface area contributed by atoms with Gasteiger partial charge in [-0.1, -0.05) is 13.3 Å². The van der Waals surface area contributed by atoms with Gasteiger partial charge in [0.05, 0.1) is 12.2 Å². The van der Waals surface area contributed by atoms with E-state index in [-0.39, 0.29) is 11.9 Å². The average Bonchev–Trinajstić information content (AvgIpc) is 3.41. The molecule has 0 aliphatic carbocycles. The SMILES string of the molecule is CNCCC(C)CCCc1cnn2ccc(N3CCC[C@@H]3c3cc(F)ccc3F)nc12. The molecule has 7 heteroatoms. The summed E-state index contributed by atoms with van der Waals surface area (Å²) in [5.41, 5.74) is 2.39. The Bertz CT molecular complexity index is 1020. The summed E-state index contributed by atoms with van der Waals surface area (Å²) >= 11 is 0. The molecule has 166 valence electrons. The Kier molecular flexibility index (Phi) is 6.80. The van der Waals surface area contributed by atoms with Crippen molar-refractivity contribution in [2.45, 2.75) is 51.5 Å². The maximum Gasteiger partial charge on any atom is 0.160 e. The summed E-state index contributed by atoms with van der Waals surface area (Å²) in [6.07, 6.45) is 9.90. The number of halogens is 2. The summed E-state index contributed by atoms with van der Waals surface area (Å²) in [6.45, 7) is 4.12. The minimum atomic E-state index is -0.409. The maximum absolute atomic E-state index is 14.4. The molecule has 1 fully saturated rings. The molecule has 1 aliphatic heterocycles. The van der Waals surface area contributed by atoms with Crippen molar-refractivity contribution in [2.24, 2.45) is 5.92 Å². The van der Waals surface area contributed by atoms with Crippen molar-refractivity contribution < 1.29 is 8.78 Å². The Morgan fingerprint density at radius 2 is 2.10 bits per heavy atom. The van der Waals surface area contributed by atoms with E-state index in [1.54, 1.807) is 4.52 Å². The van der Waals surface area contributed by atoms with E-state index in [1.807, 2.05) is 25.5 Å². The van der Waals surface area contributed by atoms with Crippen LogP contribution in [0.2, 0.25) is 0 Å². The smallest absolute Gasteiger partial charge is 0.160 e. The molecule has 5 nitrogen and oxygen atoms in total. The van der Waals surface area contributed by atoms with E-state index in [0.717, 1.165) is 55.8 Å². The van der Waals surface area contributed by atoms with Gasteiger partial charge >= 0.3 is 0 Å². The lowest BCUT2D eigenvalue weighted by molar-refractivity contribution is 0.466. The second-order valence-corrected chi connectivity index (χ2v) is 8.63. The van der Waals surface area contributed by atoms with Crippen LogP contribution in [0.15, 0.2) is 36.7 Å². The number of hydrogen-bond acceptors (Lipinski definition) is 4. The summed E-state index contributed by atoms with van der Waals surface area (Å²) in [6, 6.07) is 5.41. The Morgan fingerprint density at radius 3 is 2.94 bits per heavy atom. The largest absolute Gasteiger partial charge is 0.349 e. The second-order valence-electron chi connectivity index (χ2n) is 8.63. The van der Waals surface area contributed by atoms with Crippen molar-refractivity contribution in [1.82, 2.24) is 19.9 Å². The van der Waals surface area contributed by atoms with Gasteiger partial charge in [0.1, 0.15) is 17.5 Å². The molecular weight excluding hydrogens is 396 g/mol. The standard InChI is InChI=1S/C24H31F2N5/c1-17(10-12-27-2)5-3-6-18-16-28-31-14-11-23(29-24(18)31)30-13-4-7-22(30)20-15-19(25)8-9-21(20)26/h8-9,11,14-17,22,27H,3-7,10,12-13H2,1-2H3/t17?,22-/m1/s1. The molecule has 3 aromatic rings. The van der Waals surface area contributed by atoms with Crippen LogP contribution in [0.5, 0.6) is 0 Å². The molecule has 31 heavy (non-hydrogen) atoms. The first-order valence-corrected chi connectivity index (χ1v) is 11.3. The van der Waals surface area contributed by atoms with Gasteiger partial charge in [-0.05, 0) is 75.9 Å². The first-order valence-electron chi connectivity index (χ1n) is 11.3. The number of nitrogens with one attached hydrogen (secondary N) is 1. The lowest BCUT2D eigenvalue weighted by Gasteiger charge is -2.26. The number of fused-ring (bicyclic) bond motifs is 1. The normalized spacial score (nSPS) is 17.5. The van der Waals surface area contributed by atoms with Crippen LogP contribution in [0.4, 0.5) is 14.6 Å². The van der Waals surface area contributed by atoms with Gasteiger partial charge in [0.2, 0.25) is 0 Å². The zero-order valence-electron chi connectivity index (χ0n) is 18.3. The summed E-state index contributed by atoms with van der Waals surface area (Å²) in [5.74, 6) is 0.706. The van der Waals surface area contributed by atoms with E-state index in [4.69, 9.17) is 4.98 Å². The van der Waals surface area contributed by atoms with Gasteiger partial charge in [0.15, 0.2) is 5.65 Å². The van der Waals surface area contributed by atoms with Gasteiger partial charge in [-0.3, -0.25) is 0 Å². The lowest BCUT2D eigenvalue weighted by atomic mass is 9.99. The van der Waals surface area contributed by atoms with Crippen molar-refractivity contribution in [1.29, 1.82) is 0 Å². The highest BCUT2D eigenvalue weighted by Gasteiger charge is 2.30. The van der Waals surface area contributed by atoms with Crippen LogP contribution in [-0.2, 0) is 6.42 Å². The first-order chi connectivity index (χ1) is 15.1. The fraction of sp³-hybridized carbons (Fsp3) is 0.500. The summed E-state index contributed by atoms with van der Waals surface area (Å²) in [5, 5.41) is 7.66. The molecule has 0 saturated carbocycles. The van der Waals surface area contributed by atoms with Crippen LogP contribution < -0.4 is 10.2 Å². The molecule has 0 spiro atoms. The molecule has 2 aromatic heterocycles. The van der Waals surface area contributed by atoms with Crippen molar-refractivity contribution in [3.05, 3.63) is 59.4 Å². The third kappa shape index (κ3) is 4.87. The van der Waals surface area contributed by atoms with Crippen LogP contribution in [0.3, 0.4) is 0 Å². The van der Waals surface area contributed by atoms with Crippen LogP contribution in [0.1, 0.15) is 56.2 Å². The van der Waals surface area contributed by atoms with E-state index in [0.29, 0.717) is 11.5 Å². The third-order valence-corrected chi connectivity index (χ3v) is 6.32. The third-order valence-electron chi connectivity index (χ3n) is 6.32. The maximum atomic E-state index is 14.4. The number of benzene rings is 1. The van der Waals surface area contributed by atoms with Crippen molar-refractivity contribution in [3.8, 4) is 0 Å². The van der Waals surface area contributed by atoms with E-state index in [2.05, 4.69) is 22.2 Å². The molecule has 1 aromatic carbocycles. The Hall–Kier alpha value is -2.54. The highest BCUT2D eigenvalue weighted by Crippen LogP contribution is 2.37. The predicted molar refractivity (Wildman–Crippen MR) is 119 cm³/mol. The quantitative estimate of drug-likeness (QED) is 0.527. The zero-order valence-corrected chi connectivity index (χ0v) is 18.3. The van der Waals surface area contributed by atoms with Gasteiger partial charge in [-0.25, -0.2) is 18.3 Å². The number of rotatable bonds is 9. The van der Waals surface area contributed by atoms with E-state index >= 15 is 0 Å². The fourth-order valence-electron chi connectivity index (χ4n) is 4.55. The fourth-order valence-corrected chi connectivity index (χ4v) is 4.55.